The van der Waals surface area contributed by atoms with Crippen molar-refractivity contribution in [2.75, 3.05) is 29.7 Å². The van der Waals surface area contributed by atoms with Crippen molar-refractivity contribution < 1.29 is 4.74 Å². The van der Waals surface area contributed by atoms with Gasteiger partial charge in [-0.1, -0.05) is 0 Å². The number of hydrazine groups is 1. The number of aromatic nitrogens is 2. The average Bonchev–Trinajstić information content (AvgIpc) is 2.69. The van der Waals surface area contributed by atoms with E-state index in [-0.39, 0.29) is 12.0 Å². The minimum atomic E-state index is 0.187. The molecule has 1 unspecified atom stereocenters. The Labute approximate surface area is 87.2 Å². The van der Waals surface area contributed by atoms with Crippen molar-refractivity contribution in [2.24, 2.45) is 5.84 Å². The van der Waals surface area contributed by atoms with Crippen molar-refractivity contribution in [1.29, 1.82) is 0 Å². The predicted octanol–water partition coefficient (Wildman–Crippen LogP) is -0.455. The van der Waals surface area contributed by atoms with Crippen LogP contribution < -0.4 is 22.3 Å². The molecule has 7 nitrogen and oxygen atoms in total. The second-order valence-corrected chi connectivity index (χ2v) is 3.35. The molecular weight excluding hydrogens is 196 g/mol. The molecule has 2 heterocycles. The van der Waals surface area contributed by atoms with Crippen LogP contribution in [0.4, 0.5) is 17.6 Å². The summed E-state index contributed by atoms with van der Waals surface area (Å²) in [7, 11) is 0. The molecule has 0 spiro atoms. The lowest BCUT2D eigenvalue weighted by Gasteiger charge is -2.12. The van der Waals surface area contributed by atoms with Crippen LogP contribution in [-0.2, 0) is 4.74 Å². The van der Waals surface area contributed by atoms with E-state index in [4.69, 9.17) is 16.3 Å². The van der Waals surface area contributed by atoms with Crippen LogP contribution in [-0.4, -0.2) is 29.2 Å². The first-order valence-electron chi connectivity index (χ1n) is 4.73. The van der Waals surface area contributed by atoms with Crippen molar-refractivity contribution in [1.82, 2.24) is 9.97 Å². The molecule has 1 aromatic rings. The van der Waals surface area contributed by atoms with Gasteiger partial charge in [-0.2, -0.15) is 9.97 Å². The fourth-order valence-corrected chi connectivity index (χ4v) is 1.47. The van der Waals surface area contributed by atoms with E-state index < -0.39 is 0 Å². The van der Waals surface area contributed by atoms with Gasteiger partial charge in [0, 0.05) is 12.7 Å². The Balaban J connectivity index is 2.09. The molecule has 0 aromatic carbocycles. The minimum Gasteiger partial charge on any atom is -0.379 e. The molecule has 0 bridgehead atoms. The van der Waals surface area contributed by atoms with E-state index in [1.165, 1.54) is 0 Å². The summed E-state index contributed by atoms with van der Waals surface area (Å²) >= 11 is 0. The van der Waals surface area contributed by atoms with Gasteiger partial charge in [0.15, 0.2) is 0 Å². The Bertz CT molecular complexity index is 338. The Hall–Kier alpha value is -1.60. The van der Waals surface area contributed by atoms with E-state index in [2.05, 4.69) is 20.7 Å². The highest BCUT2D eigenvalue weighted by Gasteiger charge is 2.16. The molecule has 1 aromatic heterocycles. The summed E-state index contributed by atoms with van der Waals surface area (Å²) in [5.74, 6) is 6.58. The summed E-state index contributed by atoms with van der Waals surface area (Å²) in [6.07, 6.45) is 0.968. The third kappa shape index (κ3) is 2.45. The minimum absolute atomic E-state index is 0.187. The number of nitrogens with two attached hydrogens (primary N) is 2. The van der Waals surface area contributed by atoms with Gasteiger partial charge in [-0.05, 0) is 6.42 Å². The van der Waals surface area contributed by atoms with Gasteiger partial charge in [0.2, 0.25) is 5.95 Å². The maximum absolute atomic E-state index is 5.52. The van der Waals surface area contributed by atoms with Crippen LogP contribution in [0.5, 0.6) is 0 Å². The fourth-order valence-electron chi connectivity index (χ4n) is 1.47. The quantitative estimate of drug-likeness (QED) is 0.394. The molecule has 2 rings (SSSR count). The van der Waals surface area contributed by atoms with Crippen LogP contribution in [0, 0.1) is 0 Å². The first-order chi connectivity index (χ1) is 7.28. The second kappa shape index (κ2) is 4.28. The molecule has 0 saturated carbocycles. The van der Waals surface area contributed by atoms with Gasteiger partial charge in [-0.25, -0.2) is 5.84 Å². The van der Waals surface area contributed by atoms with Crippen molar-refractivity contribution in [3.8, 4) is 0 Å². The van der Waals surface area contributed by atoms with Crippen LogP contribution in [0.2, 0.25) is 0 Å². The summed E-state index contributed by atoms with van der Waals surface area (Å²) in [6.45, 7) is 1.47. The normalized spacial score (nSPS) is 20.2. The summed E-state index contributed by atoms with van der Waals surface area (Å²) in [5, 5.41) is 3.20. The molecule has 0 amide bonds. The molecule has 0 radical (unpaired) electrons. The highest BCUT2D eigenvalue weighted by atomic mass is 16.5. The maximum atomic E-state index is 5.52. The van der Waals surface area contributed by atoms with Crippen molar-refractivity contribution in [2.45, 2.75) is 12.5 Å². The molecule has 1 saturated heterocycles. The Morgan fingerprint density at radius 1 is 1.40 bits per heavy atom. The van der Waals surface area contributed by atoms with Crippen LogP contribution >= 0.6 is 0 Å². The molecule has 1 aliphatic rings. The number of nitrogens with zero attached hydrogens (tertiary/aromatic N) is 2. The standard InChI is InChI=1S/C8H14N6O/c9-8-12-6(3-7(13-8)14-10)11-5-1-2-15-4-5/h3,5H,1-2,4,10H2,(H4,9,11,12,13,14). The molecule has 1 aliphatic heterocycles. The van der Waals surface area contributed by atoms with Gasteiger partial charge in [0.1, 0.15) is 11.6 Å². The highest BCUT2D eigenvalue weighted by Crippen LogP contribution is 2.15. The lowest BCUT2D eigenvalue weighted by Crippen LogP contribution is -2.20. The molecule has 1 fully saturated rings. The number of rotatable bonds is 3. The number of ether oxygens (including phenoxy) is 1. The third-order valence-electron chi connectivity index (χ3n) is 2.17. The van der Waals surface area contributed by atoms with Gasteiger partial charge in [-0.3, -0.25) is 0 Å². The van der Waals surface area contributed by atoms with E-state index >= 15 is 0 Å². The highest BCUT2D eigenvalue weighted by molar-refractivity contribution is 5.50. The zero-order valence-electron chi connectivity index (χ0n) is 8.23. The zero-order chi connectivity index (χ0) is 10.7. The number of anilines is 3. The van der Waals surface area contributed by atoms with Gasteiger partial charge in [-0.15, -0.1) is 0 Å². The Morgan fingerprint density at radius 2 is 2.20 bits per heavy atom. The lowest BCUT2D eigenvalue weighted by atomic mass is 10.2. The monoisotopic (exact) mass is 210 g/mol. The smallest absolute Gasteiger partial charge is 0.223 e. The molecule has 15 heavy (non-hydrogen) atoms. The van der Waals surface area contributed by atoms with E-state index in [0.29, 0.717) is 18.2 Å². The predicted molar refractivity (Wildman–Crippen MR) is 57.1 cm³/mol. The van der Waals surface area contributed by atoms with Crippen LogP contribution in [0.25, 0.3) is 0 Å². The van der Waals surface area contributed by atoms with Gasteiger partial charge < -0.3 is 21.2 Å². The van der Waals surface area contributed by atoms with Crippen LogP contribution in [0.15, 0.2) is 6.07 Å². The van der Waals surface area contributed by atoms with E-state index in [1.807, 2.05) is 0 Å². The molecular formula is C8H14N6O. The van der Waals surface area contributed by atoms with Gasteiger partial charge >= 0.3 is 0 Å². The van der Waals surface area contributed by atoms with E-state index in [1.54, 1.807) is 6.07 Å². The van der Waals surface area contributed by atoms with Crippen molar-refractivity contribution >= 4 is 17.6 Å². The Kier molecular flexibility index (Phi) is 2.84. The van der Waals surface area contributed by atoms with E-state index in [0.717, 1.165) is 13.0 Å². The van der Waals surface area contributed by atoms with Crippen LogP contribution in [0.1, 0.15) is 6.42 Å². The first-order valence-corrected chi connectivity index (χ1v) is 4.73. The number of hydrogen-bond donors (Lipinski definition) is 4. The lowest BCUT2D eigenvalue weighted by molar-refractivity contribution is 0.195. The molecule has 82 valence electrons. The van der Waals surface area contributed by atoms with Gasteiger partial charge in [0.05, 0.1) is 12.6 Å². The molecule has 7 heteroatoms. The summed E-state index contributed by atoms with van der Waals surface area (Å²) in [4.78, 5) is 7.94. The molecule has 0 aliphatic carbocycles. The summed E-state index contributed by atoms with van der Waals surface area (Å²) < 4.78 is 5.24. The Morgan fingerprint density at radius 3 is 2.87 bits per heavy atom. The van der Waals surface area contributed by atoms with Crippen LogP contribution in [0.3, 0.4) is 0 Å². The summed E-state index contributed by atoms with van der Waals surface area (Å²) in [6, 6.07) is 1.99. The first kappa shape index (κ1) is 9.94. The molecule has 1 atom stereocenters. The topological polar surface area (TPSA) is 111 Å². The van der Waals surface area contributed by atoms with Crippen molar-refractivity contribution in [3.05, 3.63) is 6.07 Å². The van der Waals surface area contributed by atoms with Gasteiger partial charge in [0.25, 0.3) is 0 Å². The van der Waals surface area contributed by atoms with Crippen molar-refractivity contribution in [3.63, 3.8) is 0 Å². The number of nitrogen functional groups attached to an aromatic ring is 2. The number of hydrogen-bond acceptors (Lipinski definition) is 7. The molecule has 6 N–H and O–H groups in total. The average molecular weight is 210 g/mol. The maximum Gasteiger partial charge on any atom is 0.223 e. The second-order valence-electron chi connectivity index (χ2n) is 3.35. The number of nitrogens with one attached hydrogen (secondary N) is 2. The van der Waals surface area contributed by atoms with E-state index in [9.17, 15) is 0 Å². The third-order valence-corrected chi connectivity index (χ3v) is 2.17. The SMILES string of the molecule is NNc1cc(NC2CCOC2)nc(N)n1. The largest absolute Gasteiger partial charge is 0.379 e. The zero-order valence-corrected chi connectivity index (χ0v) is 8.23. The summed E-state index contributed by atoms with van der Waals surface area (Å²) in [5.41, 5.74) is 7.95. The fraction of sp³-hybridized carbons (Fsp3) is 0.500.